The Kier molecular flexibility index (Phi) is 6.56. The lowest BCUT2D eigenvalue weighted by Gasteiger charge is -2.31. The molecule has 11 heteroatoms. The number of piperazine rings is 1. The lowest BCUT2D eigenvalue weighted by molar-refractivity contribution is 0.0693. The molecular weight excluding hydrogens is 401 g/mol. The predicted octanol–water partition coefficient (Wildman–Crippen LogP) is 1.72. The van der Waals surface area contributed by atoms with Crippen LogP contribution in [0.15, 0.2) is 17.1 Å². The highest BCUT2D eigenvalue weighted by Crippen LogP contribution is 2.27. The topological polar surface area (TPSA) is 87.5 Å². The van der Waals surface area contributed by atoms with Gasteiger partial charge in [0.05, 0.1) is 10.9 Å². The van der Waals surface area contributed by atoms with E-state index < -0.39 is 41.7 Å². The van der Waals surface area contributed by atoms with Crippen molar-refractivity contribution in [3.8, 4) is 0 Å². The largest absolute Gasteiger partial charge is 0.477 e. The van der Waals surface area contributed by atoms with Gasteiger partial charge in [-0.3, -0.25) is 4.79 Å². The Morgan fingerprint density at radius 2 is 1.93 bits per heavy atom. The summed E-state index contributed by atoms with van der Waals surface area (Å²) in [6.07, 6.45) is 0.874. The number of nitrogens with one attached hydrogen (secondary N) is 1. The Morgan fingerprint density at radius 1 is 1.32 bits per heavy atom. The second kappa shape index (κ2) is 8.36. The second-order valence-electron chi connectivity index (χ2n) is 6.71. The number of pyridine rings is 2. The summed E-state index contributed by atoms with van der Waals surface area (Å²) in [5.74, 6) is -2.40. The summed E-state index contributed by atoms with van der Waals surface area (Å²) in [6.45, 7) is 1.06. The van der Waals surface area contributed by atoms with Crippen molar-refractivity contribution in [3.05, 3.63) is 33.9 Å². The first-order valence-corrected chi connectivity index (χ1v) is 8.39. The molecule has 1 fully saturated rings. The van der Waals surface area contributed by atoms with E-state index in [1.807, 2.05) is 0 Å². The minimum Gasteiger partial charge on any atom is -0.477 e. The van der Waals surface area contributed by atoms with Crippen molar-refractivity contribution < 1.29 is 23.1 Å². The Morgan fingerprint density at radius 3 is 2.46 bits per heavy atom. The van der Waals surface area contributed by atoms with E-state index in [0.717, 1.165) is 16.8 Å². The fourth-order valence-electron chi connectivity index (χ4n) is 3.04. The number of alkyl halides is 2. The van der Waals surface area contributed by atoms with Crippen LogP contribution in [0, 0.1) is 5.82 Å². The van der Waals surface area contributed by atoms with Crippen molar-refractivity contribution in [2.75, 3.05) is 44.4 Å². The van der Waals surface area contributed by atoms with Crippen molar-refractivity contribution in [1.82, 2.24) is 14.9 Å². The molecule has 0 aromatic carbocycles. The van der Waals surface area contributed by atoms with Gasteiger partial charge in [-0.25, -0.2) is 22.9 Å². The number of aromatic carboxylic acids is 1. The lowest BCUT2D eigenvalue weighted by Crippen LogP contribution is -2.44. The molecule has 0 aliphatic carbocycles. The maximum Gasteiger partial charge on any atom is 0.341 e. The maximum absolute atomic E-state index is 14.6. The molecule has 1 saturated heterocycles. The molecule has 0 saturated carbocycles. The molecule has 3 rings (SSSR count). The molecule has 0 bridgehead atoms. The van der Waals surface area contributed by atoms with Crippen molar-refractivity contribution in [1.29, 1.82) is 0 Å². The molecule has 0 unspecified atom stereocenters. The van der Waals surface area contributed by atoms with Gasteiger partial charge in [0.2, 0.25) is 5.43 Å². The third-order valence-corrected chi connectivity index (χ3v) is 4.72. The number of carboxylic acid groups (broad SMARTS) is 1. The van der Waals surface area contributed by atoms with Crippen LogP contribution in [0.4, 0.5) is 19.0 Å². The van der Waals surface area contributed by atoms with Gasteiger partial charge < -0.3 is 19.9 Å². The first-order valence-electron chi connectivity index (χ1n) is 8.39. The molecule has 154 valence electrons. The van der Waals surface area contributed by atoms with E-state index in [4.69, 9.17) is 0 Å². The Balaban J connectivity index is 0.00000280. The van der Waals surface area contributed by atoms with Crippen molar-refractivity contribution in [2.24, 2.45) is 0 Å². The fraction of sp³-hybridized carbons (Fsp3) is 0.471. The summed E-state index contributed by atoms with van der Waals surface area (Å²) in [7, 11) is 0. The van der Waals surface area contributed by atoms with E-state index in [1.54, 1.807) is 4.90 Å². The molecule has 1 aliphatic rings. The summed E-state index contributed by atoms with van der Waals surface area (Å²) in [4.78, 5) is 29.7. The monoisotopic (exact) mass is 420 g/mol. The molecule has 3 heterocycles. The lowest BCUT2D eigenvalue weighted by atomic mass is 10.0. The Labute approximate surface area is 164 Å². The highest BCUT2D eigenvalue weighted by atomic mass is 35.5. The van der Waals surface area contributed by atoms with Gasteiger partial charge in [-0.1, -0.05) is 0 Å². The third-order valence-electron chi connectivity index (χ3n) is 4.72. The van der Waals surface area contributed by atoms with Gasteiger partial charge in [0.15, 0.2) is 11.6 Å². The van der Waals surface area contributed by atoms with Crippen LogP contribution in [0.1, 0.15) is 17.3 Å². The number of fused-ring (bicyclic) bond motifs is 1. The Hall–Kier alpha value is -2.33. The number of nitrogens with zero attached hydrogens (tertiary/aromatic N) is 3. The zero-order chi connectivity index (χ0) is 19.8. The fourth-order valence-corrected chi connectivity index (χ4v) is 3.04. The van der Waals surface area contributed by atoms with E-state index in [2.05, 4.69) is 10.3 Å². The van der Waals surface area contributed by atoms with Crippen LogP contribution in [-0.4, -0.2) is 60.2 Å². The van der Waals surface area contributed by atoms with Gasteiger partial charge in [0, 0.05) is 32.4 Å². The van der Waals surface area contributed by atoms with Crippen molar-refractivity contribution in [3.63, 3.8) is 0 Å². The van der Waals surface area contributed by atoms with Crippen LogP contribution >= 0.6 is 12.4 Å². The highest BCUT2D eigenvalue weighted by Gasteiger charge is 2.31. The van der Waals surface area contributed by atoms with Gasteiger partial charge >= 0.3 is 5.97 Å². The van der Waals surface area contributed by atoms with Gasteiger partial charge in [-0.15, -0.1) is 12.4 Å². The smallest absolute Gasteiger partial charge is 0.341 e. The second-order valence-corrected chi connectivity index (χ2v) is 6.71. The number of aromatic nitrogens is 2. The Bertz CT molecular complexity index is 943. The first-order chi connectivity index (χ1) is 12.8. The molecular formula is C17H20ClF3N4O3. The van der Waals surface area contributed by atoms with E-state index >= 15 is 0 Å². The molecule has 0 amide bonds. The number of carbonyl (C=O) groups is 1. The van der Waals surface area contributed by atoms with E-state index in [0.29, 0.717) is 26.2 Å². The quantitative estimate of drug-likeness (QED) is 0.766. The zero-order valence-electron chi connectivity index (χ0n) is 15.0. The third kappa shape index (κ3) is 3.66. The molecule has 2 N–H and O–H groups in total. The summed E-state index contributed by atoms with van der Waals surface area (Å²) in [5, 5.41) is 12.0. The average Bonchev–Trinajstić information content (AvgIpc) is 2.68. The van der Waals surface area contributed by atoms with E-state index in [1.165, 1.54) is 6.92 Å². The number of rotatable bonds is 5. The molecule has 28 heavy (non-hydrogen) atoms. The van der Waals surface area contributed by atoms with E-state index in [-0.39, 0.29) is 29.3 Å². The number of hydrogen-bond donors (Lipinski definition) is 2. The zero-order valence-corrected chi connectivity index (χ0v) is 15.9. The molecule has 2 aromatic rings. The van der Waals surface area contributed by atoms with Crippen molar-refractivity contribution in [2.45, 2.75) is 12.5 Å². The van der Waals surface area contributed by atoms with Crippen LogP contribution in [0.25, 0.3) is 11.0 Å². The standard InChI is InChI=1S/C17H19F3N4O3.ClH/c1-17(8-18,9-19)24-7-11(16(26)27)13(25)10-6-12(20)15(22-14(10)24)23-4-2-21-3-5-23;/h6-7,21H,2-5,8-9H2,1H3,(H,26,27);1H. The molecule has 7 nitrogen and oxygen atoms in total. The van der Waals surface area contributed by atoms with Gasteiger partial charge in [0.1, 0.15) is 24.6 Å². The maximum atomic E-state index is 14.6. The summed E-state index contributed by atoms with van der Waals surface area (Å²) >= 11 is 0. The molecule has 1 aliphatic heterocycles. The number of carboxylic acids is 1. The number of hydrogen-bond acceptors (Lipinski definition) is 5. The minimum absolute atomic E-state index is 0. The van der Waals surface area contributed by atoms with Crippen LogP contribution in [0.3, 0.4) is 0 Å². The normalized spacial score (nSPS) is 14.8. The molecule has 0 spiro atoms. The average molecular weight is 421 g/mol. The SMILES string of the molecule is CC(CF)(CF)n1cc(C(=O)O)c(=O)c2cc(F)c(N3CCNCC3)nc21.Cl. The number of anilines is 1. The van der Waals surface area contributed by atoms with Crippen molar-refractivity contribution >= 4 is 35.2 Å². The summed E-state index contributed by atoms with van der Waals surface area (Å²) < 4.78 is 42.9. The minimum atomic E-state index is -1.78. The highest BCUT2D eigenvalue weighted by molar-refractivity contribution is 5.92. The van der Waals surface area contributed by atoms with Crippen LogP contribution in [0.5, 0.6) is 0 Å². The predicted molar refractivity (Wildman–Crippen MR) is 101 cm³/mol. The van der Waals surface area contributed by atoms with Gasteiger partial charge in [0.25, 0.3) is 0 Å². The number of halogens is 4. The summed E-state index contributed by atoms with van der Waals surface area (Å²) in [5.41, 5.74) is -3.58. The van der Waals surface area contributed by atoms with Crippen LogP contribution in [0.2, 0.25) is 0 Å². The molecule has 2 aromatic heterocycles. The first kappa shape index (κ1) is 22.0. The summed E-state index contributed by atoms with van der Waals surface area (Å²) in [6, 6.07) is 0.891. The van der Waals surface area contributed by atoms with Crippen LogP contribution < -0.4 is 15.6 Å². The van der Waals surface area contributed by atoms with Gasteiger partial charge in [-0.2, -0.15) is 0 Å². The molecule has 0 atom stereocenters. The molecule has 0 radical (unpaired) electrons. The van der Waals surface area contributed by atoms with Crippen LogP contribution in [-0.2, 0) is 5.54 Å². The van der Waals surface area contributed by atoms with E-state index in [9.17, 15) is 27.9 Å². The van der Waals surface area contributed by atoms with Gasteiger partial charge in [-0.05, 0) is 13.0 Å².